The fourth-order valence-electron chi connectivity index (χ4n) is 5.56. The Balaban J connectivity index is 1.70. The molecule has 55 heavy (non-hydrogen) atoms. The summed E-state index contributed by atoms with van der Waals surface area (Å²) in [7, 11) is -3.36. The Kier molecular flexibility index (Phi) is 14.0. The minimum atomic E-state index is -4.52. The Morgan fingerprint density at radius 2 is 1.58 bits per heavy atom. The largest absolute Gasteiger partial charge is 0.468 e. The van der Waals surface area contributed by atoms with Crippen molar-refractivity contribution in [2.45, 2.75) is 104 Å². The van der Waals surface area contributed by atoms with Crippen molar-refractivity contribution in [1.82, 2.24) is 19.7 Å². The van der Waals surface area contributed by atoms with Crippen molar-refractivity contribution in [2.75, 3.05) is 19.5 Å². The van der Waals surface area contributed by atoms with Crippen molar-refractivity contribution in [1.29, 1.82) is 0 Å². The Labute approximate surface area is 319 Å². The van der Waals surface area contributed by atoms with Gasteiger partial charge >= 0.3 is 31.6 Å². The Morgan fingerprint density at radius 1 is 0.945 bits per heavy atom. The van der Waals surface area contributed by atoms with E-state index >= 15 is 0 Å². The van der Waals surface area contributed by atoms with E-state index in [2.05, 4.69) is 15.2 Å². The first-order valence-corrected chi connectivity index (χ1v) is 19.3. The number of nitrogen functional groups attached to an aromatic ring is 1. The van der Waals surface area contributed by atoms with Crippen molar-refractivity contribution in [3.05, 3.63) is 54.0 Å². The average molecular weight is 791 g/mol. The monoisotopic (exact) mass is 790 g/mol. The summed E-state index contributed by atoms with van der Waals surface area (Å²) in [5.74, 6) is -3.48. The van der Waals surface area contributed by atoms with E-state index in [0.29, 0.717) is 16.8 Å². The first kappa shape index (κ1) is 43.1. The quantitative estimate of drug-likeness (QED) is 0.101. The van der Waals surface area contributed by atoms with E-state index in [1.54, 1.807) is 65.8 Å². The van der Waals surface area contributed by atoms with Crippen molar-refractivity contribution in [3.63, 3.8) is 0 Å². The van der Waals surface area contributed by atoms with Gasteiger partial charge in [-0.15, -0.1) is 0 Å². The Bertz CT molecular complexity index is 1890. The second kappa shape index (κ2) is 17.9. The number of hydrogen-bond acceptors (Lipinski definition) is 16. The summed E-state index contributed by atoms with van der Waals surface area (Å²) in [5, 5.41) is 6.89. The summed E-state index contributed by atoms with van der Waals surface area (Å²) in [6.45, 7) is 12.4. The maximum Gasteiger partial charge on any atom is 0.459 e. The van der Waals surface area contributed by atoms with Crippen LogP contribution < -0.4 is 21.1 Å². The second-order valence-corrected chi connectivity index (χ2v) is 16.0. The number of aromatic nitrogens is 3. The predicted octanol–water partition coefficient (Wildman–Crippen LogP) is 3.45. The van der Waals surface area contributed by atoms with E-state index in [0.717, 1.165) is 7.11 Å². The fraction of sp³-hybridized carbons (Fsp3) is 0.556. The molecule has 1 aromatic carbocycles. The van der Waals surface area contributed by atoms with Gasteiger partial charge in [0.1, 0.15) is 41.4 Å². The molecule has 0 bridgehead atoms. The van der Waals surface area contributed by atoms with Crippen molar-refractivity contribution in [3.8, 4) is 5.75 Å². The van der Waals surface area contributed by atoms with Gasteiger partial charge in [0.25, 0.3) is 0 Å². The second-order valence-electron chi connectivity index (χ2n) is 14.3. The Hall–Kier alpha value is -4.61. The lowest BCUT2D eigenvalue weighted by Gasteiger charge is -2.33. The third kappa shape index (κ3) is 10.6. The van der Waals surface area contributed by atoms with E-state index in [4.69, 9.17) is 44.2 Å². The van der Waals surface area contributed by atoms with Crippen LogP contribution in [0.25, 0.3) is 5.52 Å². The molecule has 0 saturated carbocycles. The van der Waals surface area contributed by atoms with Gasteiger partial charge in [-0.25, -0.2) is 14.1 Å². The van der Waals surface area contributed by atoms with Crippen LogP contribution in [0.1, 0.15) is 72.8 Å². The number of ether oxygens (including phenoxy) is 5. The molecule has 0 spiro atoms. The van der Waals surface area contributed by atoms with E-state index < -0.39 is 86.1 Å². The number of nitrogens with one attached hydrogen (secondary N) is 1. The van der Waals surface area contributed by atoms with Crippen LogP contribution in [0.4, 0.5) is 5.82 Å². The van der Waals surface area contributed by atoms with Gasteiger partial charge in [0.2, 0.25) is 0 Å². The topological polar surface area (TPSA) is 244 Å². The van der Waals surface area contributed by atoms with Crippen LogP contribution in [-0.2, 0) is 58.4 Å². The molecular weight excluding hydrogens is 739 g/mol. The number of anilines is 1. The maximum atomic E-state index is 14.5. The van der Waals surface area contributed by atoms with Gasteiger partial charge < -0.3 is 39.7 Å². The first-order valence-electron chi connectivity index (χ1n) is 17.8. The highest BCUT2D eigenvalue weighted by atomic mass is 31.2. The number of carbonyl (C=O) groups excluding carboxylic acids is 4. The molecule has 5 N–H and O–H groups in total. The minimum Gasteiger partial charge on any atom is -0.468 e. The van der Waals surface area contributed by atoms with E-state index in [-0.39, 0.29) is 24.1 Å². The molecule has 1 fully saturated rings. The maximum absolute atomic E-state index is 14.5. The lowest BCUT2D eigenvalue weighted by atomic mass is 9.95. The van der Waals surface area contributed by atoms with Gasteiger partial charge in [0.05, 0.1) is 37.4 Å². The average Bonchev–Trinajstić information content (AvgIpc) is 3.67. The molecule has 7 atom stereocenters. The number of fused-ring (bicyclic) bond motifs is 1. The zero-order valence-corrected chi connectivity index (χ0v) is 33.3. The lowest BCUT2D eigenvalue weighted by Crippen LogP contribution is -2.49. The highest BCUT2D eigenvalue weighted by molar-refractivity contribution is 7.52. The molecule has 1 saturated heterocycles. The van der Waals surface area contributed by atoms with E-state index in [1.807, 2.05) is 0 Å². The van der Waals surface area contributed by atoms with Gasteiger partial charge in [-0.1, -0.05) is 39.8 Å². The number of rotatable bonds is 17. The zero-order valence-electron chi connectivity index (χ0n) is 32.4. The third-order valence-corrected chi connectivity index (χ3v) is 10.1. The van der Waals surface area contributed by atoms with Crippen LogP contribution in [0, 0.1) is 11.8 Å². The molecule has 19 heteroatoms. The number of benzene rings is 1. The number of hydrogen-bond donors (Lipinski definition) is 3. The minimum absolute atomic E-state index is 0.0637. The van der Waals surface area contributed by atoms with Crippen LogP contribution in [0.3, 0.4) is 0 Å². The molecule has 4 rings (SSSR count). The summed E-state index contributed by atoms with van der Waals surface area (Å²) in [6, 6.07) is 7.42. The van der Waals surface area contributed by atoms with Crippen LogP contribution in [-0.4, -0.2) is 88.2 Å². The van der Waals surface area contributed by atoms with Gasteiger partial charge in [0.15, 0.2) is 18.0 Å². The van der Waals surface area contributed by atoms with Crippen molar-refractivity contribution >= 4 is 43.0 Å². The molecule has 1 unspecified atom stereocenters. The lowest BCUT2D eigenvalue weighted by molar-refractivity contribution is -0.175. The molecule has 302 valence electrons. The summed E-state index contributed by atoms with van der Waals surface area (Å²) >= 11 is 0. The van der Waals surface area contributed by atoms with Crippen molar-refractivity contribution < 1.29 is 56.5 Å². The Morgan fingerprint density at radius 3 is 2.18 bits per heavy atom. The number of nitrogens with zero attached hydrogens (tertiary/aromatic N) is 3. The molecule has 0 amide bonds. The van der Waals surface area contributed by atoms with Crippen LogP contribution in [0.2, 0.25) is 0 Å². The third-order valence-electron chi connectivity index (χ3n) is 8.52. The summed E-state index contributed by atoms with van der Waals surface area (Å²) in [6.07, 6.45) is -2.61. The molecule has 2 aromatic heterocycles. The molecule has 18 nitrogen and oxygen atoms in total. The fourth-order valence-corrected chi connectivity index (χ4v) is 7.15. The molecule has 1 aliphatic heterocycles. The predicted molar refractivity (Wildman–Crippen MR) is 197 cm³/mol. The molecule has 3 heterocycles. The normalized spacial score (nSPS) is 21.9. The zero-order chi connectivity index (χ0) is 40.8. The summed E-state index contributed by atoms with van der Waals surface area (Å²) < 4.78 is 56.5. The number of esters is 4. The van der Waals surface area contributed by atoms with Crippen LogP contribution in [0.15, 0.2) is 42.7 Å². The van der Waals surface area contributed by atoms with Gasteiger partial charge in [-0.2, -0.15) is 10.2 Å². The van der Waals surface area contributed by atoms with Crippen LogP contribution in [0.5, 0.6) is 5.75 Å². The van der Waals surface area contributed by atoms with Crippen molar-refractivity contribution in [2.24, 2.45) is 17.6 Å². The van der Waals surface area contributed by atoms with Gasteiger partial charge in [0, 0.05) is 0 Å². The van der Waals surface area contributed by atoms with Gasteiger partial charge in [-0.3, -0.25) is 23.7 Å². The summed E-state index contributed by atoms with van der Waals surface area (Å²) in [5.41, 5.74) is 11.9. The van der Waals surface area contributed by atoms with Crippen LogP contribution >= 0.6 is 7.75 Å². The highest BCUT2D eigenvalue weighted by Crippen LogP contribution is 2.50. The molecule has 0 aliphatic carbocycles. The molecule has 3 aromatic rings. The highest BCUT2D eigenvalue weighted by Gasteiger charge is 2.59. The first-order chi connectivity index (χ1) is 25.8. The van der Waals surface area contributed by atoms with Gasteiger partial charge in [-0.05, 0) is 63.9 Å². The molecular formula is C36H51N6O12P. The number of nitrogens with two attached hydrogens (primary N) is 2. The summed E-state index contributed by atoms with van der Waals surface area (Å²) in [4.78, 5) is 55.1. The standard InChI is InChI=1S/C36H51N6O12P/c1-19(2)32(43)51-29-28(26-14-15-27-31(38)39-18-40-42(26)27)53-36(8,30(29)52-33(44)20(3)4)17-49-55(47,41-22(7)34(45)48-9)54-24-12-10-23(11-13-24)16-25(37)35(46)50-21(5)6/h10-15,18-22,25,28-30H,16-17,37H2,1-9H3,(H,41,47)(H2,38,39,40)/t22-,25-,28-,29-,30-,36+,55?/m0/s1. The molecule has 0 radical (unpaired) electrons. The van der Waals surface area contributed by atoms with E-state index in [9.17, 15) is 23.7 Å². The molecule has 1 aliphatic rings. The number of carbonyl (C=O) groups is 4. The number of methoxy groups -OCH3 is 1. The van der Waals surface area contributed by atoms with E-state index in [1.165, 1.54) is 36.8 Å². The smallest absolute Gasteiger partial charge is 0.459 e. The SMILES string of the molecule is COC(=O)[C@H](C)NP(=O)(OC[C@@]1(C)O[C@@H](c2ccc3c(N)ncnn23)[C@H](OC(=O)C(C)C)[C@@H]1OC(=O)C(C)C)Oc1ccc(C[C@H](N)C(=O)OC(C)C)cc1.